The first-order valence-electron chi connectivity index (χ1n) is 7.91. The molecule has 118 valence electrons. The highest BCUT2D eigenvalue weighted by molar-refractivity contribution is 6.21. The Labute approximate surface area is 129 Å². The smallest absolute Gasteiger partial charge is 0.261 e. The Hall–Kier alpha value is -1.72. The third kappa shape index (κ3) is 3.05. The molecular weight excluding hydrogens is 282 g/mol. The molecule has 0 unspecified atom stereocenters. The fourth-order valence-corrected chi connectivity index (χ4v) is 3.15. The lowest BCUT2D eigenvalue weighted by molar-refractivity contribution is -0.0295. The summed E-state index contributed by atoms with van der Waals surface area (Å²) in [6, 6.07) is 6.74. The lowest BCUT2D eigenvalue weighted by Crippen LogP contribution is -2.39. The van der Waals surface area contributed by atoms with Crippen LogP contribution in [-0.2, 0) is 4.74 Å². The van der Waals surface area contributed by atoms with E-state index in [9.17, 15) is 14.7 Å². The van der Waals surface area contributed by atoms with Gasteiger partial charge in [0.2, 0.25) is 0 Å². The molecule has 0 radical (unpaired) electrons. The van der Waals surface area contributed by atoms with Gasteiger partial charge in [-0.05, 0) is 25.0 Å². The highest BCUT2D eigenvalue weighted by atomic mass is 16.5. The lowest BCUT2D eigenvalue weighted by Gasteiger charge is -2.24. The van der Waals surface area contributed by atoms with Gasteiger partial charge in [-0.15, -0.1) is 0 Å². The van der Waals surface area contributed by atoms with E-state index in [2.05, 4.69) is 0 Å². The third-order valence-electron chi connectivity index (χ3n) is 4.35. The molecule has 0 saturated heterocycles. The zero-order chi connectivity index (χ0) is 15.5. The van der Waals surface area contributed by atoms with E-state index in [-0.39, 0.29) is 31.1 Å². The van der Waals surface area contributed by atoms with Crippen molar-refractivity contribution in [2.45, 2.75) is 44.3 Å². The molecule has 1 aromatic rings. The molecule has 1 aliphatic heterocycles. The second kappa shape index (κ2) is 6.58. The van der Waals surface area contributed by atoms with Crippen molar-refractivity contribution in [2.75, 3.05) is 13.2 Å². The van der Waals surface area contributed by atoms with Gasteiger partial charge in [0.05, 0.1) is 36.5 Å². The molecule has 1 saturated carbocycles. The Morgan fingerprint density at radius 1 is 1.09 bits per heavy atom. The van der Waals surface area contributed by atoms with Crippen LogP contribution in [-0.4, -0.2) is 47.2 Å². The molecular formula is C17H21NO4. The van der Waals surface area contributed by atoms with Crippen molar-refractivity contribution in [3.8, 4) is 0 Å². The standard InChI is InChI=1S/C17H21NO4/c19-12(11-22-13-6-2-1-3-7-13)10-18-16(20)14-8-4-5-9-15(14)17(18)21/h4-5,8-9,12-13,19H,1-3,6-7,10-11H2/t12-/m1/s1. The maximum atomic E-state index is 12.2. The van der Waals surface area contributed by atoms with Gasteiger partial charge in [0.25, 0.3) is 11.8 Å². The summed E-state index contributed by atoms with van der Waals surface area (Å²) in [6.45, 7) is 0.150. The third-order valence-corrected chi connectivity index (χ3v) is 4.35. The minimum absolute atomic E-state index is 0.0148. The van der Waals surface area contributed by atoms with Crippen molar-refractivity contribution in [2.24, 2.45) is 0 Å². The zero-order valence-electron chi connectivity index (χ0n) is 12.5. The van der Waals surface area contributed by atoms with E-state index in [4.69, 9.17) is 4.74 Å². The molecule has 2 amide bonds. The molecule has 0 spiro atoms. The molecule has 1 heterocycles. The van der Waals surface area contributed by atoms with Crippen molar-refractivity contribution >= 4 is 11.8 Å². The topological polar surface area (TPSA) is 66.8 Å². The SMILES string of the molecule is O=C1c2ccccc2C(=O)N1C[C@@H](O)COC1CCCCC1. The Balaban J connectivity index is 1.55. The number of fused-ring (bicyclic) bond motifs is 1. The number of hydrogen-bond donors (Lipinski definition) is 1. The molecule has 1 fully saturated rings. The monoisotopic (exact) mass is 303 g/mol. The molecule has 2 aliphatic rings. The number of carbonyl (C=O) groups excluding carboxylic acids is 2. The van der Waals surface area contributed by atoms with E-state index >= 15 is 0 Å². The van der Waals surface area contributed by atoms with Gasteiger partial charge in [0, 0.05) is 0 Å². The number of β-amino-alcohol motifs (C(OH)–C–C–N with tert-alkyl or cyclic N) is 1. The first-order chi connectivity index (χ1) is 10.7. The summed E-state index contributed by atoms with van der Waals surface area (Å²) in [4.78, 5) is 25.5. The number of imide groups is 1. The van der Waals surface area contributed by atoms with E-state index < -0.39 is 6.10 Å². The van der Waals surface area contributed by atoms with Crippen molar-refractivity contribution in [1.82, 2.24) is 4.90 Å². The fraction of sp³-hybridized carbons (Fsp3) is 0.529. The van der Waals surface area contributed by atoms with E-state index in [0.29, 0.717) is 11.1 Å². The van der Waals surface area contributed by atoms with Crippen LogP contribution < -0.4 is 0 Å². The van der Waals surface area contributed by atoms with Gasteiger partial charge in [0.15, 0.2) is 0 Å². The van der Waals surface area contributed by atoms with E-state index in [1.165, 1.54) is 19.3 Å². The van der Waals surface area contributed by atoms with Crippen molar-refractivity contribution in [3.63, 3.8) is 0 Å². The summed E-state index contributed by atoms with van der Waals surface area (Å²) in [5.41, 5.74) is 0.820. The normalized spacial score (nSPS) is 20.3. The van der Waals surface area contributed by atoms with Gasteiger partial charge in [-0.3, -0.25) is 14.5 Å². The van der Waals surface area contributed by atoms with Crippen LogP contribution in [0.25, 0.3) is 0 Å². The molecule has 5 heteroatoms. The maximum absolute atomic E-state index is 12.2. The van der Waals surface area contributed by atoms with Crippen LogP contribution in [0.5, 0.6) is 0 Å². The maximum Gasteiger partial charge on any atom is 0.261 e. The van der Waals surface area contributed by atoms with Crippen molar-refractivity contribution in [3.05, 3.63) is 35.4 Å². The second-order valence-electron chi connectivity index (χ2n) is 6.01. The Kier molecular flexibility index (Phi) is 4.55. The fourth-order valence-electron chi connectivity index (χ4n) is 3.15. The number of benzene rings is 1. The summed E-state index contributed by atoms with van der Waals surface area (Å²) in [6.07, 6.45) is 4.99. The van der Waals surface area contributed by atoms with Crippen LogP contribution in [0, 0.1) is 0 Å². The van der Waals surface area contributed by atoms with E-state index in [1.54, 1.807) is 24.3 Å². The summed E-state index contributed by atoms with van der Waals surface area (Å²) >= 11 is 0. The minimum atomic E-state index is -0.843. The lowest BCUT2D eigenvalue weighted by atomic mass is 9.98. The van der Waals surface area contributed by atoms with Gasteiger partial charge < -0.3 is 9.84 Å². The molecule has 1 atom stereocenters. The summed E-state index contributed by atoms with van der Waals surface area (Å²) in [7, 11) is 0. The van der Waals surface area contributed by atoms with Crippen molar-refractivity contribution < 1.29 is 19.4 Å². The van der Waals surface area contributed by atoms with Gasteiger partial charge in [0.1, 0.15) is 0 Å². The van der Waals surface area contributed by atoms with Crippen LogP contribution in [0.4, 0.5) is 0 Å². The highest BCUT2D eigenvalue weighted by Gasteiger charge is 2.36. The first kappa shape index (κ1) is 15.2. The first-order valence-corrected chi connectivity index (χ1v) is 7.91. The Morgan fingerprint density at radius 3 is 2.27 bits per heavy atom. The average molecular weight is 303 g/mol. The zero-order valence-corrected chi connectivity index (χ0v) is 12.5. The summed E-state index contributed by atoms with van der Waals surface area (Å²) < 4.78 is 5.70. The number of amides is 2. The molecule has 5 nitrogen and oxygen atoms in total. The quantitative estimate of drug-likeness (QED) is 0.845. The number of hydrogen-bond acceptors (Lipinski definition) is 4. The Morgan fingerprint density at radius 2 is 1.68 bits per heavy atom. The van der Waals surface area contributed by atoms with Crippen LogP contribution in [0.1, 0.15) is 52.8 Å². The number of ether oxygens (including phenoxy) is 1. The molecule has 3 rings (SSSR count). The number of rotatable bonds is 5. The predicted molar refractivity (Wildman–Crippen MR) is 80.6 cm³/mol. The molecule has 1 aliphatic carbocycles. The number of carbonyl (C=O) groups is 2. The Bertz CT molecular complexity index is 531. The minimum Gasteiger partial charge on any atom is -0.389 e. The molecule has 1 aromatic carbocycles. The van der Waals surface area contributed by atoms with Gasteiger partial charge in [-0.2, -0.15) is 0 Å². The van der Waals surface area contributed by atoms with E-state index in [1.807, 2.05) is 0 Å². The van der Waals surface area contributed by atoms with Crippen LogP contribution in [0.3, 0.4) is 0 Å². The van der Waals surface area contributed by atoms with Gasteiger partial charge in [-0.1, -0.05) is 31.4 Å². The highest BCUT2D eigenvalue weighted by Crippen LogP contribution is 2.23. The van der Waals surface area contributed by atoms with Crippen LogP contribution in [0.15, 0.2) is 24.3 Å². The largest absolute Gasteiger partial charge is 0.389 e. The molecule has 0 bridgehead atoms. The number of aliphatic hydroxyl groups is 1. The summed E-state index contributed by atoms with van der Waals surface area (Å²) in [5.74, 6) is -0.672. The molecule has 1 N–H and O–H groups in total. The van der Waals surface area contributed by atoms with Crippen LogP contribution >= 0.6 is 0 Å². The average Bonchev–Trinajstić information content (AvgIpc) is 2.79. The number of aliphatic hydroxyl groups excluding tert-OH is 1. The van der Waals surface area contributed by atoms with Crippen LogP contribution in [0.2, 0.25) is 0 Å². The molecule has 22 heavy (non-hydrogen) atoms. The van der Waals surface area contributed by atoms with E-state index in [0.717, 1.165) is 17.7 Å². The predicted octanol–water partition coefficient (Wildman–Crippen LogP) is 1.99. The van der Waals surface area contributed by atoms with Gasteiger partial charge in [-0.25, -0.2) is 0 Å². The molecule has 0 aromatic heterocycles. The van der Waals surface area contributed by atoms with Crippen molar-refractivity contribution in [1.29, 1.82) is 0 Å². The second-order valence-corrected chi connectivity index (χ2v) is 6.01. The summed E-state index contributed by atoms with van der Waals surface area (Å²) in [5, 5.41) is 10.1. The van der Waals surface area contributed by atoms with Gasteiger partial charge >= 0.3 is 0 Å². The number of nitrogens with zero attached hydrogens (tertiary/aromatic N) is 1.